The van der Waals surface area contributed by atoms with Crippen molar-refractivity contribution >= 4 is 21.6 Å². The third kappa shape index (κ3) is 4.07. The van der Waals surface area contributed by atoms with Gasteiger partial charge in [0.25, 0.3) is 5.56 Å². The number of hydrogen-bond acceptors (Lipinski definition) is 4. The third-order valence-corrected chi connectivity index (χ3v) is 5.04. The Morgan fingerprint density at radius 3 is 2.95 bits per heavy atom. The van der Waals surface area contributed by atoms with Crippen LogP contribution in [-0.4, -0.2) is 40.4 Å². The molecule has 1 N–H and O–H groups in total. The smallest absolute Gasteiger partial charge is 0.283 e. The summed E-state index contributed by atoms with van der Waals surface area (Å²) in [7, 11) is 2.16. The summed E-state index contributed by atoms with van der Waals surface area (Å²) in [6.45, 7) is 6.11. The first kappa shape index (κ1) is 16.5. The molecule has 0 amide bonds. The lowest BCUT2D eigenvalue weighted by molar-refractivity contribution is 0.190. The summed E-state index contributed by atoms with van der Waals surface area (Å²) < 4.78 is 2.14. The summed E-state index contributed by atoms with van der Waals surface area (Å²) >= 11 is 3.43. The van der Waals surface area contributed by atoms with Gasteiger partial charge in [0, 0.05) is 25.2 Å². The molecule has 6 heteroatoms. The molecule has 2 unspecified atom stereocenters. The highest BCUT2D eigenvalue weighted by Crippen LogP contribution is 2.23. The maximum Gasteiger partial charge on any atom is 0.283 e. The number of anilines is 1. The van der Waals surface area contributed by atoms with Crippen molar-refractivity contribution in [3.63, 3.8) is 0 Å². The lowest BCUT2D eigenvalue weighted by Crippen LogP contribution is -2.43. The van der Waals surface area contributed by atoms with Gasteiger partial charge in [-0.3, -0.25) is 4.79 Å². The van der Waals surface area contributed by atoms with E-state index in [0.29, 0.717) is 23.1 Å². The van der Waals surface area contributed by atoms with E-state index in [-0.39, 0.29) is 5.56 Å². The van der Waals surface area contributed by atoms with Crippen molar-refractivity contribution in [2.45, 2.75) is 58.2 Å². The lowest BCUT2D eigenvalue weighted by Gasteiger charge is -2.35. The fraction of sp³-hybridized carbons (Fsp3) is 0.733. The van der Waals surface area contributed by atoms with E-state index in [1.165, 1.54) is 4.68 Å². The Labute approximate surface area is 134 Å². The minimum absolute atomic E-state index is 0.0468. The van der Waals surface area contributed by atoms with Crippen LogP contribution in [0.25, 0.3) is 0 Å². The minimum atomic E-state index is -0.0468. The molecule has 118 valence electrons. The van der Waals surface area contributed by atoms with Crippen LogP contribution < -0.4 is 10.9 Å². The highest BCUT2D eigenvalue weighted by molar-refractivity contribution is 9.10. The van der Waals surface area contributed by atoms with E-state index >= 15 is 0 Å². The first-order valence-electron chi connectivity index (χ1n) is 7.75. The number of rotatable bonds is 5. The van der Waals surface area contributed by atoms with E-state index in [1.54, 1.807) is 6.20 Å². The van der Waals surface area contributed by atoms with Crippen LogP contribution >= 0.6 is 15.9 Å². The van der Waals surface area contributed by atoms with Crippen LogP contribution in [0.15, 0.2) is 15.5 Å². The van der Waals surface area contributed by atoms with E-state index in [0.717, 1.165) is 37.9 Å². The van der Waals surface area contributed by atoms with Crippen molar-refractivity contribution in [1.82, 2.24) is 14.7 Å². The van der Waals surface area contributed by atoms with Gasteiger partial charge >= 0.3 is 0 Å². The monoisotopic (exact) mass is 356 g/mol. The van der Waals surface area contributed by atoms with Crippen LogP contribution in [-0.2, 0) is 6.54 Å². The SMILES string of the molecule is CCCCn1ncc(NC2CCN(C)C(C)C2)c(Br)c1=O. The van der Waals surface area contributed by atoms with Crippen molar-refractivity contribution in [3.8, 4) is 0 Å². The molecule has 1 fully saturated rings. The molecule has 0 aromatic carbocycles. The van der Waals surface area contributed by atoms with Crippen LogP contribution in [0.4, 0.5) is 5.69 Å². The zero-order valence-corrected chi connectivity index (χ0v) is 14.7. The normalized spacial score (nSPS) is 23.2. The summed E-state index contributed by atoms with van der Waals surface area (Å²) in [4.78, 5) is 14.6. The largest absolute Gasteiger partial charge is 0.380 e. The average molecular weight is 357 g/mol. The van der Waals surface area contributed by atoms with Crippen molar-refractivity contribution in [2.75, 3.05) is 18.9 Å². The second kappa shape index (κ2) is 7.40. The van der Waals surface area contributed by atoms with E-state index in [9.17, 15) is 4.79 Å². The number of nitrogens with one attached hydrogen (secondary N) is 1. The minimum Gasteiger partial charge on any atom is -0.380 e. The van der Waals surface area contributed by atoms with Gasteiger partial charge in [-0.05, 0) is 49.2 Å². The van der Waals surface area contributed by atoms with E-state index < -0.39 is 0 Å². The van der Waals surface area contributed by atoms with Gasteiger partial charge in [-0.2, -0.15) is 5.10 Å². The zero-order chi connectivity index (χ0) is 15.4. The van der Waals surface area contributed by atoms with Gasteiger partial charge < -0.3 is 10.2 Å². The molecular weight excluding hydrogens is 332 g/mol. The summed E-state index contributed by atoms with van der Waals surface area (Å²) in [6, 6.07) is 0.966. The first-order valence-corrected chi connectivity index (χ1v) is 8.54. The standard InChI is InChI=1S/C15H25BrN4O/c1-4-5-7-20-15(21)14(16)13(10-17-20)18-12-6-8-19(3)11(2)9-12/h10-12,18H,4-9H2,1-3H3. The van der Waals surface area contributed by atoms with Crippen LogP contribution in [0.5, 0.6) is 0 Å². The van der Waals surface area contributed by atoms with Gasteiger partial charge in [0.2, 0.25) is 0 Å². The Morgan fingerprint density at radius 2 is 2.29 bits per heavy atom. The summed E-state index contributed by atoms with van der Waals surface area (Å²) in [5.41, 5.74) is 0.768. The fourth-order valence-electron chi connectivity index (χ4n) is 2.67. The lowest BCUT2D eigenvalue weighted by atomic mass is 9.99. The van der Waals surface area contributed by atoms with Gasteiger partial charge in [0.1, 0.15) is 4.47 Å². The van der Waals surface area contributed by atoms with Crippen LogP contribution in [0.2, 0.25) is 0 Å². The summed E-state index contributed by atoms with van der Waals surface area (Å²) in [5, 5.41) is 7.75. The van der Waals surface area contributed by atoms with Crippen molar-refractivity contribution < 1.29 is 0 Å². The summed E-state index contributed by atoms with van der Waals surface area (Å²) in [5.74, 6) is 0. The fourth-order valence-corrected chi connectivity index (χ4v) is 3.09. The molecule has 0 aliphatic carbocycles. The molecule has 0 saturated carbocycles. The number of hydrogen-bond donors (Lipinski definition) is 1. The van der Waals surface area contributed by atoms with Gasteiger partial charge in [0.05, 0.1) is 11.9 Å². The molecule has 1 aromatic rings. The molecule has 21 heavy (non-hydrogen) atoms. The van der Waals surface area contributed by atoms with Gasteiger partial charge in [0.15, 0.2) is 0 Å². The van der Waals surface area contributed by atoms with Crippen molar-refractivity contribution in [3.05, 3.63) is 21.0 Å². The number of aromatic nitrogens is 2. The summed E-state index contributed by atoms with van der Waals surface area (Å²) in [6.07, 6.45) is 5.97. The molecule has 1 aliphatic heterocycles. The molecular formula is C15H25BrN4O. The topological polar surface area (TPSA) is 50.2 Å². The van der Waals surface area contributed by atoms with E-state index in [2.05, 4.69) is 52.1 Å². The molecule has 0 radical (unpaired) electrons. The number of nitrogens with zero attached hydrogens (tertiary/aromatic N) is 3. The maximum atomic E-state index is 12.3. The Hall–Kier alpha value is -0.880. The Morgan fingerprint density at radius 1 is 1.52 bits per heavy atom. The molecule has 2 heterocycles. The Bertz CT molecular complexity index is 531. The third-order valence-electron chi connectivity index (χ3n) is 4.28. The Balaban J connectivity index is 2.07. The van der Waals surface area contributed by atoms with E-state index in [4.69, 9.17) is 0 Å². The van der Waals surface area contributed by atoms with Gasteiger partial charge in [-0.1, -0.05) is 13.3 Å². The molecule has 1 aliphatic rings. The Kier molecular flexibility index (Phi) is 5.81. The highest BCUT2D eigenvalue weighted by Gasteiger charge is 2.23. The molecule has 1 saturated heterocycles. The van der Waals surface area contributed by atoms with E-state index in [1.807, 2.05) is 0 Å². The van der Waals surface area contributed by atoms with Crippen LogP contribution in [0.1, 0.15) is 39.5 Å². The second-order valence-corrected chi connectivity index (χ2v) is 6.74. The molecule has 0 spiro atoms. The predicted molar refractivity (Wildman–Crippen MR) is 89.8 cm³/mol. The van der Waals surface area contributed by atoms with Crippen molar-refractivity contribution in [1.29, 1.82) is 0 Å². The number of likely N-dealkylation sites (tertiary alicyclic amines) is 1. The van der Waals surface area contributed by atoms with Crippen LogP contribution in [0, 0.1) is 0 Å². The first-order chi connectivity index (χ1) is 10.0. The molecule has 5 nitrogen and oxygen atoms in total. The van der Waals surface area contributed by atoms with Gasteiger partial charge in [-0.15, -0.1) is 0 Å². The number of unbranched alkanes of at least 4 members (excludes halogenated alkanes) is 1. The predicted octanol–water partition coefficient (Wildman–Crippen LogP) is 2.70. The average Bonchev–Trinajstić information content (AvgIpc) is 2.47. The highest BCUT2D eigenvalue weighted by atomic mass is 79.9. The molecule has 2 rings (SSSR count). The number of aryl methyl sites for hydroxylation is 1. The molecule has 2 atom stereocenters. The second-order valence-electron chi connectivity index (χ2n) is 5.95. The molecule has 1 aromatic heterocycles. The number of halogens is 1. The quantitative estimate of drug-likeness (QED) is 0.880. The zero-order valence-electron chi connectivity index (χ0n) is 13.1. The van der Waals surface area contributed by atoms with Crippen LogP contribution in [0.3, 0.4) is 0 Å². The van der Waals surface area contributed by atoms with Gasteiger partial charge in [-0.25, -0.2) is 4.68 Å². The van der Waals surface area contributed by atoms with Crippen molar-refractivity contribution in [2.24, 2.45) is 0 Å². The number of piperidine rings is 1. The molecule has 0 bridgehead atoms. The maximum absolute atomic E-state index is 12.3.